The van der Waals surface area contributed by atoms with E-state index in [0.29, 0.717) is 39.3 Å². The van der Waals surface area contributed by atoms with Crippen molar-refractivity contribution in [1.29, 1.82) is 0 Å². The van der Waals surface area contributed by atoms with Crippen molar-refractivity contribution in [2.45, 2.75) is 50.0 Å². The van der Waals surface area contributed by atoms with Gasteiger partial charge in [0, 0.05) is 12.8 Å². The van der Waals surface area contributed by atoms with Gasteiger partial charge in [0.2, 0.25) is 0 Å². The molecular formula is C12H22N2O6. The third-order valence-corrected chi connectivity index (χ3v) is 4.00. The molecule has 116 valence electrons. The van der Waals surface area contributed by atoms with Crippen molar-refractivity contribution in [3.8, 4) is 0 Å². The molecule has 3 rings (SSSR count). The van der Waals surface area contributed by atoms with Crippen LogP contribution in [0.25, 0.3) is 0 Å². The normalized spacial score (nSPS) is 39.3. The molecule has 0 aromatic heterocycles. The second kappa shape index (κ2) is 6.63. The third kappa shape index (κ3) is 4.09. The molecule has 2 N–H and O–H groups in total. The highest BCUT2D eigenvalue weighted by molar-refractivity contribution is 4.74. The van der Waals surface area contributed by atoms with Gasteiger partial charge in [-0.05, 0) is 12.8 Å². The molecule has 1 aliphatic carbocycles. The summed E-state index contributed by atoms with van der Waals surface area (Å²) in [5.74, 6) is 0. The van der Waals surface area contributed by atoms with Gasteiger partial charge in [-0.2, -0.15) is 0 Å². The highest BCUT2D eigenvalue weighted by Gasteiger charge is 2.39. The van der Waals surface area contributed by atoms with Crippen molar-refractivity contribution in [2.24, 2.45) is 0 Å². The van der Waals surface area contributed by atoms with Crippen molar-refractivity contribution in [1.82, 2.24) is 0 Å². The van der Waals surface area contributed by atoms with Crippen molar-refractivity contribution in [3.63, 3.8) is 0 Å². The van der Waals surface area contributed by atoms with Gasteiger partial charge < -0.3 is 19.9 Å². The van der Waals surface area contributed by atoms with Crippen molar-refractivity contribution in [3.05, 3.63) is 10.4 Å². The number of hydrogen-bond acceptors (Lipinski definition) is 6. The lowest BCUT2D eigenvalue weighted by molar-refractivity contribution is -1.13. The molecule has 0 aromatic rings. The lowest BCUT2D eigenvalue weighted by Crippen LogP contribution is -3.22. The van der Waals surface area contributed by atoms with Crippen LogP contribution in [-0.2, 0) is 19.1 Å². The minimum Gasteiger partial charge on any atom is -0.599 e. The van der Waals surface area contributed by atoms with Gasteiger partial charge in [0.05, 0.1) is 13.2 Å². The number of quaternary nitrogens is 2. The summed E-state index contributed by atoms with van der Waals surface area (Å²) < 4.78 is 10.0. The van der Waals surface area contributed by atoms with Crippen LogP contribution in [0.3, 0.4) is 0 Å². The van der Waals surface area contributed by atoms with Crippen LogP contribution in [-0.4, -0.2) is 50.7 Å². The van der Waals surface area contributed by atoms with Crippen LogP contribution < -0.4 is 10.5 Å². The Kier molecular flexibility index (Phi) is 4.84. The highest BCUT2D eigenvalue weighted by Crippen LogP contribution is 2.16. The Hall–Kier alpha value is -0.320. The lowest BCUT2D eigenvalue weighted by Gasteiger charge is -2.40. The van der Waals surface area contributed by atoms with E-state index in [9.17, 15) is 10.4 Å². The molecule has 5 unspecified atom stereocenters. The summed E-state index contributed by atoms with van der Waals surface area (Å²) in [6.07, 6.45) is 3.42. The molecule has 3 aliphatic rings. The van der Waals surface area contributed by atoms with E-state index < -0.39 is 0 Å². The maximum atomic E-state index is 12.1. The van der Waals surface area contributed by atoms with E-state index in [1.165, 1.54) is 0 Å². The van der Waals surface area contributed by atoms with E-state index in [1.54, 1.807) is 0 Å². The second-order valence-electron chi connectivity index (χ2n) is 5.67. The van der Waals surface area contributed by atoms with Crippen LogP contribution in [0.15, 0.2) is 0 Å². The summed E-state index contributed by atoms with van der Waals surface area (Å²) >= 11 is 0. The molecule has 0 aromatic carbocycles. The zero-order valence-corrected chi connectivity index (χ0v) is 11.4. The van der Waals surface area contributed by atoms with E-state index in [4.69, 9.17) is 19.1 Å². The third-order valence-electron chi connectivity index (χ3n) is 4.00. The zero-order valence-electron chi connectivity index (χ0n) is 11.4. The van der Waals surface area contributed by atoms with Gasteiger partial charge in [-0.1, -0.05) is 0 Å². The zero-order chi connectivity index (χ0) is 13.9. The Balaban J connectivity index is 1.48. The molecule has 1 saturated carbocycles. The van der Waals surface area contributed by atoms with Crippen LogP contribution in [0.1, 0.15) is 25.7 Å². The molecule has 20 heavy (non-hydrogen) atoms. The van der Waals surface area contributed by atoms with E-state index in [-0.39, 0.29) is 34.7 Å². The topological polar surface area (TPSA) is 98.5 Å². The van der Waals surface area contributed by atoms with Crippen molar-refractivity contribution < 1.29 is 29.6 Å². The maximum Gasteiger partial charge on any atom is 0.172 e. The van der Waals surface area contributed by atoms with Gasteiger partial charge in [0.25, 0.3) is 0 Å². The smallest absolute Gasteiger partial charge is 0.172 e. The summed E-state index contributed by atoms with van der Waals surface area (Å²) in [5, 5.41) is 23.6. The molecule has 2 heterocycles. The second-order valence-corrected chi connectivity index (χ2v) is 5.67. The summed E-state index contributed by atoms with van der Waals surface area (Å²) in [4.78, 5) is 10.5. The van der Waals surface area contributed by atoms with E-state index >= 15 is 0 Å². The van der Waals surface area contributed by atoms with Gasteiger partial charge in [0.15, 0.2) is 12.1 Å². The quantitative estimate of drug-likeness (QED) is 0.386. The molecule has 2 saturated heterocycles. The Morgan fingerprint density at radius 1 is 0.850 bits per heavy atom. The maximum absolute atomic E-state index is 12.1. The van der Waals surface area contributed by atoms with Crippen molar-refractivity contribution in [2.75, 3.05) is 26.4 Å². The summed E-state index contributed by atoms with van der Waals surface area (Å²) in [6.45, 7) is 1.91. The minimum absolute atomic E-state index is 0.0555. The number of rotatable bonds is 8. The fraction of sp³-hybridized carbons (Fsp3) is 1.00. The van der Waals surface area contributed by atoms with E-state index in [2.05, 4.69) is 0 Å². The first-order chi connectivity index (χ1) is 9.74. The van der Waals surface area contributed by atoms with Crippen molar-refractivity contribution >= 4 is 0 Å². The van der Waals surface area contributed by atoms with E-state index in [1.807, 2.05) is 0 Å². The predicted octanol–water partition coefficient (Wildman–Crippen LogP) is -2.28. The summed E-state index contributed by atoms with van der Waals surface area (Å²) in [7, 11) is 0. The monoisotopic (exact) mass is 290 g/mol. The fourth-order valence-electron chi connectivity index (χ4n) is 2.59. The average molecular weight is 290 g/mol. The minimum atomic E-state index is -0.366. The van der Waals surface area contributed by atoms with Gasteiger partial charge in [-0.15, -0.1) is 0 Å². The number of hydroxylamine groups is 4. The van der Waals surface area contributed by atoms with Gasteiger partial charge >= 0.3 is 0 Å². The van der Waals surface area contributed by atoms with Crippen LogP contribution in [0.5, 0.6) is 0 Å². The first kappa shape index (κ1) is 14.6. The largest absolute Gasteiger partial charge is 0.599 e. The van der Waals surface area contributed by atoms with Crippen LogP contribution >= 0.6 is 0 Å². The molecule has 8 nitrogen and oxygen atoms in total. The Morgan fingerprint density at radius 3 is 1.60 bits per heavy atom. The highest BCUT2D eigenvalue weighted by atomic mass is 16.9. The molecule has 0 bridgehead atoms. The molecule has 0 radical (unpaired) electrons. The Morgan fingerprint density at radius 2 is 1.25 bits per heavy atom. The molecule has 8 heteroatoms. The van der Waals surface area contributed by atoms with Crippen LogP contribution in [0, 0.1) is 10.4 Å². The number of ether oxygens (including phenoxy) is 2. The first-order valence-corrected chi connectivity index (χ1v) is 7.30. The average Bonchev–Trinajstić information content (AvgIpc) is 3.36. The Bertz CT molecular complexity index is 282. The molecule has 2 aliphatic heterocycles. The number of epoxide rings is 2. The molecule has 3 fully saturated rings. The molecule has 0 amide bonds. The van der Waals surface area contributed by atoms with Gasteiger partial charge in [-0.25, -0.2) is 20.1 Å². The molecule has 0 spiro atoms. The fourth-order valence-corrected chi connectivity index (χ4v) is 2.59. The van der Waals surface area contributed by atoms with E-state index in [0.717, 1.165) is 12.8 Å². The summed E-state index contributed by atoms with van der Waals surface area (Å²) in [5.41, 5.74) is 0. The van der Waals surface area contributed by atoms with Gasteiger partial charge in [0.1, 0.15) is 25.4 Å². The Labute approximate surface area is 117 Å². The lowest BCUT2D eigenvalue weighted by atomic mass is 9.91. The van der Waals surface area contributed by atoms with Crippen LogP contribution in [0.4, 0.5) is 0 Å². The molecular weight excluding hydrogens is 268 g/mol. The standard InChI is InChI=1S/C12H22N2O6/c15-13(19-7-9-5-17-9)11-3-1-2-4-12(11)14(16)20-8-10-6-18-10/h9-14H,1-8H2/t9-,10?,11?,12?/m1/s1. The van der Waals surface area contributed by atoms with Crippen LogP contribution in [0.2, 0.25) is 0 Å². The number of hydrogen-bond donors (Lipinski definition) is 2. The number of nitrogens with one attached hydrogen (secondary N) is 2. The summed E-state index contributed by atoms with van der Waals surface area (Å²) in [6, 6.07) is -0.731. The first-order valence-electron chi connectivity index (χ1n) is 7.30. The van der Waals surface area contributed by atoms with Gasteiger partial charge in [-0.3, -0.25) is 0 Å². The SMILES string of the molecule is [O-][NH+](OCC1CO1)C1CCCCC1[NH+]([O-])OC[C@H]1CO1. The molecule has 6 atom stereocenters. The predicted molar refractivity (Wildman–Crippen MR) is 66.1 cm³/mol.